The molecule has 0 aliphatic rings. The van der Waals surface area contributed by atoms with Gasteiger partial charge in [-0.05, 0) is 24.6 Å². The van der Waals surface area contributed by atoms with E-state index in [1.807, 2.05) is 43.3 Å². The molecule has 0 atom stereocenters. The topological polar surface area (TPSA) is 33.0 Å². The molecule has 0 aliphatic carbocycles. The number of rotatable bonds is 2. The first-order valence-corrected chi connectivity index (χ1v) is 5.40. The Balaban J connectivity index is 2.65. The molecule has 2 nitrogen and oxygen atoms in total. The Bertz CT molecular complexity index is 564. The minimum atomic E-state index is 0.633. The normalized spacial score (nSPS) is 9.71. The maximum absolute atomic E-state index is 9.15. The second-order valence-corrected chi connectivity index (χ2v) is 3.86. The fourth-order valence-corrected chi connectivity index (χ4v) is 1.81. The number of nitriles is 1. The zero-order valence-electron chi connectivity index (χ0n) is 9.90. The highest BCUT2D eigenvalue weighted by Crippen LogP contribution is 2.32. The SMILES string of the molecule is COc1cccc(C#N)c1-c1ccc(C)cc1. The number of nitrogens with zero attached hydrogens (tertiary/aromatic N) is 1. The van der Waals surface area contributed by atoms with Gasteiger partial charge in [-0.1, -0.05) is 35.9 Å². The molecule has 0 saturated heterocycles. The molecule has 0 aromatic heterocycles. The van der Waals surface area contributed by atoms with E-state index in [1.165, 1.54) is 5.56 Å². The summed E-state index contributed by atoms with van der Waals surface area (Å²) in [7, 11) is 1.62. The van der Waals surface area contributed by atoms with Crippen LogP contribution in [-0.2, 0) is 0 Å². The quantitative estimate of drug-likeness (QED) is 0.780. The minimum Gasteiger partial charge on any atom is -0.496 e. The van der Waals surface area contributed by atoms with Crippen molar-refractivity contribution >= 4 is 0 Å². The van der Waals surface area contributed by atoms with E-state index in [9.17, 15) is 0 Å². The predicted molar refractivity (Wildman–Crippen MR) is 67.9 cm³/mol. The van der Waals surface area contributed by atoms with E-state index in [0.29, 0.717) is 5.56 Å². The number of methoxy groups -OCH3 is 1. The summed E-state index contributed by atoms with van der Waals surface area (Å²) >= 11 is 0. The maximum Gasteiger partial charge on any atom is 0.128 e. The Hall–Kier alpha value is -2.27. The molecule has 2 rings (SSSR count). The van der Waals surface area contributed by atoms with Crippen molar-refractivity contribution in [3.05, 3.63) is 53.6 Å². The number of benzene rings is 2. The molecule has 0 spiro atoms. The number of ether oxygens (including phenoxy) is 1. The smallest absolute Gasteiger partial charge is 0.128 e. The summed E-state index contributed by atoms with van der Waals surface area (Å²) in [5, 5.41) is 9.15. The molecule has 84 valence electrons. The summed E-state index contributed by atoms with van der Waals surface area (Å²) in [6.07, 6.45) is 0. The first-order chi connectivity index (χ1) is 8.26. The lowest BCUT2D eigenvalue weighted by molar-refractivity contribution is 0.416. The van der Waals surface area contributed by atoms with E-state index in [1.54, 1.807) is 13.2 Å². The first-order valence-electron chi connectivity index (χ1n) is 5.40. The standard InChI is InChI=1S/C15H13NO/c1-11-6-8-12(9-7-11)15-13(10-16)4-3-5-14(15)17-2/h3-9H,1-2H3. The molecule has 0 fully saturated rings. The van der Waals surface area contributed by atoms with Gasteiger partial charge in [-0.3, -0.25) is 0 Å². The third-order valence-corrected chi connectivity index (χ3v) is 2.71. The highest BCUT2D eigenvalue weighted by Gasteiger charge is 2.10. The minimum absolute atomic E-state index is 0.633. The molecule has 0 radical (unpaired) electrons. The van der Waals surface area contributed by atoms with E-state index in [-0.39, 0.29) is 0 Å². The molecular formula is C15H13NO. The Morgan fingerprint density at radius 2 is 1.76 bits per heavy atom. The van der Waals surface area contributed by atoms with E-state index >= 15 is 0 Å². The average Bonchev–Trinajstić information content (AvgIpc) is 2.38. The number of aryl methyl sites for hydroxylation is 1. The number of hydrogen-bond acceptors (Lipinski definition) is 2. The van der Waals surface area contributed by atoms with Gasteiger partial charge in [-0.15, -0.1) is 0 Å². The lowest BCUT2D eigenvalue weighted by Gasteiger charge is -2.10. The van der Waals surface area contributed by atoms with Crippen LogP contribution in [0.5, 0.6) is 5.75 Å². The fraction of sp³-hybridized carbons (Fsp3) is 0.133. The van der Waals surface area contributed by atoms with Crippen molar-refractivity contribution in [2.75, 3.05) is 7.11 Å². The summed E-state index contributed by atoms with van der Waals surface area (Å²) in [5.41, 5.74) is 3.69. The van der Waals surface area contributed by atoms with Crippen molar-refractivity contribution in [1.82, 2.24) is 0 Å². The van der Waals surface area contributed by atoms with Crippen LogP contribution in [0.3, 0.4) is 0 Å². The molecule has 0 N–H and O–H groups in total. The molecule has 2 heteroatoms. The fourth-order valence-electron chi connectivity index (χ4n) is 1.81. The zero-order valence-corrected chi connectivity index (χ0v) is 9.90. The Labute approximate surface area is 101 Å². The summed E-state index contributed by atoms with van der Waals surface area (Å²) in [5.74, 6) is 0.730. The van der Waals surface area contributed by atoms with E-state index in [2.05, 4.69) is 6.07 Å². The molecule has 2 aromatic rings. The molecule has 0 heterocycles. The molecule has 0 amide bonds. The third kappa shape index (κ3) is 2.14. The molecule has 2 aromatic carbocycles. The van der Waals surface area contributed by atoms with Gasteiger partial charge in [0.05, 0.1) is 18.7 Å². The lowest BCUT2D eigenvalue weighted by atomic mass is 9.98. The second kappa shape index (κ2) is 4.71. The van der Waals surface area contributed by atoms with Crippen molar-refractivity contribution in [3.63, 3.8) is 0 Å². The van der Waals surface area contributed by atoms with Gasteiger partial charge in [0.1, 0.15) is 5.75 Å². The van der Waals surface area contributed by atoms with Crippen LogP contribution in [0.25, 0.3) is 11.1 Å². The lowest BCUT2D eigenvalue weighted by Crippen LogP contribution is -1.91. The highest BCUT2D eigenvalue weighted by atomic mass is 16.5. The Morgan fingerprint density at radius 1 is 1.06 bits per heavy atom. The van der Waals surface area contributed by atoms with Gasteiger partial charge in [0.15, 0.2) is 0 Å². The third-order valence-electron chi connectivity index (χ3n) is 2.71. The van der Waals surface area contributed by atoms with Crippen molar-refractivity contribution < 1.29 is 4.74 Å². The van der Waals surface area contributed by atoms with E-state index < -0.39 is 0 Å². The molecule has 0 aliphatic heterocycles. The Morgan fingerprint density at radius 3 is 2.35 bits per heavy atom. The van der Waals surface area contributed by atoms with Crippen LogP contribution in [0.15, 0.2) is 42.5 Å². The largest absolute Gasteiger partial charge is 0.496 e. The van der Waals surface area contributed by atoms with Gasteiger partial charge in [-0.2, -0.15) is 5.26 Å². The highest BCUT2D eigenvalue weighted by molar-refractivity contribution is 5.76. The molecule has 0 bridgehead atoms. The summed E-state index contributed by atoms with van der Waals surface area (Å²) in [4.78, 5) is 0. The van der Waals surface area contributed by atoms with Crippen LogP contribution >= 0.6 is 0 Å². The van der Waals surface area contributed by atoms with Gasteiger partial charge in [0, 0.05) is 5.56 Å². The number of hydrogen-bond donors (Lipinski definition) is 0. The van der Waals surface area contributed by atoms with Gasteiger partial charge < -0.3 is 4.74 Å². The van der Waals surface area contributed by atoms with Gasteiger partial charge in [-0.25, -0.2) is 0 Å². The molecule has 17 heavy (non-hydrogen) atoms. The van der Waals surface area contributed by atoms with Crippen molar-refractivity contribution in [2.45, 2.75) is 6.92 Å². The van der Waals surface area contributed by atoms with Crippen LogP contribution in [0.4, 0.5) is 0 Å². The van der Waals surface area contributed by atoms with Crippen LogP contribution in [0.2, 0.25) is 0 Å². The van der Waals surface area contributed by atoms with Crippen molar-refractivity contribution in [3.8, 4) is 22.9 Å². The summed E-state index contributed by atoms with van der Waals surface area (Å²) < 4.78 is 5.32. The molecular weight excluding hydrogens is 210 g/mol. The van der Waals surface area contributed by atoms with E-state index in [4.69, 9.17) is 10.00 Å². The monoisotopic (exact) mass is 223 g/mol. The first kappa shape index (κ1) is 11.2. The zero-order chi connectivity index (χ0) is 12.3. The second-order valence-electron chi connectivity index (χ2n) is 3.86. The van der Waals surface area contributed by atoms with Gasteiger partial charge >= 0.3 is 0 Å². The van der Waals surface area contributed by atoms with Gasteiger partial charge in [0.2, 0.25) is 0 Å². The molecule has 0 unspecified atom stereocenters. The van der Waals surface area contributed by atoms with Crippen molar-refractivity contribution in [1.29, 1.82) is 5.26 Å². The molecule has 0 saturated carbocycles. The van der Waals surface area contributed by atoms with Crippen LogP contribution in [0.1, 0.15) is 11.1 Å². The summed E-state index contributed by atoms with van der Waals surface area (Å²) in [6.45, 7) is 2.04. The van der Waals surface area contributed by atoms with Crippen molar-refractivity contribution in [2.24, 2.45) is 0 Å². The van der Waals surface area contributed by atoms with Crippen LogP contribution < -0.4 is 4.74 Å². The van der Waals surface area contributed by atoms with Gasteiger partial charge in [0.25, 0.3) is 0 Å². The Kier molecular flexibility index (Phi) is 3.11. The van der Waals surface area contributed by atoms with E-state index in [0.717, 1.165) is 16.9 Å². The van der Waals surface area contributed by atoms with Crippen LogP contribution in [0, 0.1) is 18.3 Å². The summed E-state index contributed by atoms with van der Waals surface area (Å²) in [6, 6.07) is 15.8. The van der Waals surface area contributed by atoms with Crippen LogP contribution in [-0.4, -0.2) is 7.11 Å². The maximum atomic E-state index is 9.15. The predicted octanol–water partition coefficient (Wildman–Crippen LogP) is 3.54. The average molecular weight is 223 g/mol.